The summed E-state index contributed by atoms with van der Waals surface area (Å²) in [6.45, 7) is 2.40. The van der Waals surface area contributed by atoms with Crippen LogP contribution in [0.5, 0.6) is 0 Å². The summed E-state index contributed by atoms with van der Waals surface area (Å²) in [4.78, 5) is 4.10. The van der Waals surface area contributed by atoms with E-state index in [1.807, 2.05) is 0 Å². The lowest BCUT2D eigenvalue weighted by Gasteiger charge is -2.30. The zero-order chi connectivity index (χ0) is 16.4. The Morgan fingerprint density at radius 2 is 2.17 bits per heavy atom. The molecule has 0 bridgehead atoms. The van der Waals surface area contributed by atoms with E-state index in [2.05, 4.69) is 10.1 Å². The highest BCUT2D eigenvalue weighted by molar-refractivity contribution is 7.88. The summed E-state index contributed by atoms with van der Waals surface area (Å²) in [5.41, 5.74) is 0.576. The molecule has 1 atom stereocenters. The molecule has 3 rings (SSSR count). The Labute approximate surface area is 139 Å². The van der Waals surface area contributed by atoms with Gasteiger partial charge in [0.15, 0.2) is 0 Å². The molecule has 0 N–H and O–H groups in total. The second-order valence-corrected chi connectivity index (χ2v) is 7.61. The molecule has 1 aliphatic heterocycles. The van der Waals surface area contributed by atoms with Crippen LogP contribution in [0.15, 0.2) is 28.8 Å². The molecule has 1 fully saturated rings. The van der Waals surface area contributed by atoms with Gasteiger partial charge in [0.2, 0.25) is 21.7 Å². The second-order valence-electron chi connectivity index (χ2n) is 5.24. The summed E-state index contributed by atoms with van der Waals surface area (Å²) in [5.74, 6) is 0.629. The van der Waals surface area contributed by atoms with E-state index in [0.717, 1.165) is 0 Å². The van der Waals surface area contributed by atoms with E-state index in [-0.39, 0.29) is 18.9 Å². The van der Waals surface area contributed by atoms with Crippen molar-refractivity contribution in [2.75, 3.05) is 19.7 Å². The molecule has 0 radical (unpaired) electrons. The highest BCUT2D eigenvalue weighted by atomic mass is 35.5. The van der Waals surface area contributed by atoms with Crippen molar-refractivity contribution in [3.8, 4) is 0 Å². The fourth-order valence-electron chi connectivity index (χ4n) is 2.38. The predicted octanol–water partition coefficient (Wildman–Crippen LogP) is 1.93. The van der Waals surface area contributed by atoms with Crippen molar-refractivity contribution in [1.82, 2.24) is 14.4 Å². The minimum absolute atomic E-state index is 0.148. The summed E-state index contributed by atoms with van der Waals surface area (Å²) >= 11 is 6.06. The number of hydrogen-bond donors (Lipinski definition) is 0. The molecule has 1 aromatic carbocycles. The Morgan fingerprint density at radius 1 is 1.39 bits per heavy atom. The monoisotopic (exact) mass is 357 g/mol. The number of rotatable bonds is 4. The van der Waals surface area contributed by atoms with E-state index < -0.39 is 16.1 Å². The minimum atomic E-state index is -3.51. The van der Waals surface area contributed by atoms with Crippen molar-refractivity contribution < 1.29 is 17.7 Å². The van der Waals surface area contributed by atoms with Crippen molar-refractivity contribution >= 4 is 21.6 Å². The number of benzene rings is 1. The van der Waals surface area contributed by atoms with Crippen LogP contribution in [0.2, 0.25) is 5.02 Å². The predicted molar refractivity (Wildman–Crippen MR) is 83.4 cm³/mol. The van der Waals surface area contributed by atoms with Crippen molar-refractivity contribution in [2.45, 2.75) is 18.8 Å². The molecule has 2 heterocycles. The summed E-state index contributed by atoms with van der Waals surface area (Å²) in [6.07, 6.45) is -0.526. The number of morpholine rings is 1. The SMILES string of the molecule is Cc1nc([C@H]2CN(S(=O)(=O)Cc3ccccc3Cl)CCO2)no1. The average molecular weight is 358 g/mol. The van der Waals surface area contributed by atoms with Gasteiger partial charge in [-0.05, 0) is 11.6 Å². The van der Waals surface area contributed by atoms with E-state index in [4.69, 9.17) is 20.9 Å². The lowest BCUT2D eigenvalue weighted by atomic mass is 10.2. The molecule has 1 aromatic heterocycles. The zero-order valence-electron chi connectivity index (χ0n) is 12.5. The maximum atomic E-state index is 12.6. The van der Waals surface area contributed by atoms with Gasteiger partial charge in [-0.25, -0.2) is 8.42 Å². The smallest absolute Gasteiger partial charge is 0.223 e. The lowest BCUT2D eigenvalue weighted by Crippen LogP contribution is -2.43. The first-order chi connectivity index (χ1) is 11.0. The molecule has 23 heavy (non-hydrogen) atoms. The van der Waals surface area contributed by atoms with Crippen LogP contribution >= 0.6 is 11.6 Å². The van der Waals surface area contributed by atoms with E-state index in [1.165, 1.54) is 4.31 Å². The summed E-state index contributed by atoms with van der Waals surface area (Å²) in [7, 11) is -3.51. The van der Waals surface area contributed by atoms with Gasteiger partial charge in [0, 0.05) is 25.0 Å². The Bertz CT molecular complexity index is 793. The number of aromatic nitrogens is 2. The van der Waals surface area contributed by atoms with Crippen molar-refractivity contribution in [1.29, 1.82) is 0 Å². The number of ether oxygens (including phenoxy) is 1. The fourth-order valence-corrected chi connectivity index (χ4v) is 4.21. The van der Waals surface area contributed by atoms with Crippen molar-refractivity contribution in [3.63, 3.8) is 0 Å². The van der Waals surface area contributed by atoms with Gasteiger partial charge in [-0.15, -0.1) is 0 Å². The molecule has 0 aliphatic carbocycles. The quantitative estimate of drug-likeness (QED) is 0.831. The van der Waals surface area contributed by atoms with Gasteiger partial charge in [-0.1, -0.05) is 35.0 Å². The molecule has 2 aromatic rings. The summed E-state index contributed by atoms with van der Waals surface area (Å²) in [5, 5.41) is 4.24. The third-order valence-corrected chi connectivity index (χ3v) is 5.71. The molecule has 1 saturated heterocycles. The number of nitrogens with zero attached hydrogens (tertiary/aromatic N) is 3. The standard InChI is InChI=1S/C14H16ClN3O4S/c1-10-16-14(17-22-10)13-8-18(6-7-21-13)23(19,20)9-11-4-2-3-5-12(11)15/h2-5,13H,6-9H2,1H3/t13-/m1/s1. The highest BCUT2D eigenvalue weighted by Gasteiger charge is 2.32. The molecule has 0 amide bonds. The van der Waals surface area contributed by atoms with Gasteiger partial charge in [0.1, 0.15) is 6.10 Å². The summed E-state index contributed by atoms with van der Waals surface area (Å²) < 4.78 is 37.1. The van der Waals surface area contributed by atoms with Gasteiger partial charge in [-0.3, -0.25) is 0 Å². The molecule has 7 nitrogen and oxygen atoms in total. The largest absolute Gasteiger partial charge is 0.367 e. The van der Waals surface area contributed by atoms with Gasteiger partial charge in [0.05, 0.1) is 12.4 Å². The molecular weight excluding hydrogens is 342 g/mol. The van der Waals surface area contributed by atoms with E-state index in [0.29, 0.717) is 28.8 Å². The number of sulfonamides is 1. The van der Waals surface area contributed by atoms with Crippen LogP contribution in [0.25, 0.3) is 0 Å². The maximum Gasteiger partial charge on any atom is 0.223 e. The molecule has 9 heteroatoms. The molecule has 0 saturated carbocycles. The van der Waals surface area contributed by atoms with Gasteiger partial charge < -0.3 is 9.26 Å². The molecule has 124 valence electrons. The normalized spacial score (nSPS) is 19.8. The highest BCUT2D eigenvalue weighted by Crippen LogP contribution is 2.25. The first-order valence-corrected chi connectivity index (χ1v) is 9.07. The Hall–Kier alpha value is -1.48. The van der Waals surface area contributed by atoms with Gasteiger partial charge in [0.25, 0.3) is 0 Å². The van der Waals surface area contributed by atoms with Crippen LogP contribution in [0.1, 0.15) is 23.4 Å². The van der Waals surface area contributed by atoms with E-state index in [1.54, 1.807) is 31.2 Å². The second kappa shape index (κ2) is 6.56. The average Bonchev–Trinajstić information content (AvgIpc) is 2.96. The fraction of sp³-hybridized carbons (Fsp3) is 0.429. The van der Waals surface area contributed by atoms with Crippen LogP contribution in [-0.4, -0.2) is 42.6 Å². The molecule has 1 aliphatic rings. The first-order valence-electron chi connectivity index (χ1n) is 7.09. The molecule has 0 unspecified atom stereocenters. The van der Waals surface area contributed by atoms with Gasteiger partial charge >= 0.3 is 0 Å². The lowest BCUT2D eigenvalue weighted by molar-refractivity contribution is -0.00863. The Kier molecular flexibility index (Phi) is 4.67. The van der Waals surface area contributed by atoms with Crippen LogP contribution in [0.4, 0.5) is 0 Å². The van der Waals surface area contributed by atoms with Crippen molar-refractivity contribution in [3.05, 3.63) is 46.6 Å². The number of hydrogen-bond acceptors (Lipinski definition) is 6. The Balaban J connectivity index is 1.76. The third-order valence-electron chi connectivity index (χ3n) is 3.55. The van der Waals surface area contributed by atoms with Crippen LogP contribution in [0.3, 0.4) is 0 Å². The van der Waals surface area contributed by atoms with E-state index >= 15 is 0 Å². The molecular formula is C14H16ClN3O4S. The minimum Gasteiger partial charge on any atom is -0.367 e. The van der Waals surface area contributed by atoms with Crippen LogP contribution in [0, 0.1) is 6.92 Å². The maximum absolute atomic E-state index is 12.6. The van der Waals surface area contributed by atoms with Gasteiger partial charge in [-0.2, -0.15) is 9.29 Å². The van der Waals surface area contributed by atoms with Crippen molar-refractivity contribution in [2.24, 2.45) is 0 Å². The van der Waals surface area contributed by atoms with Crippen LogP contribution < -0.4 is 0 Å². The Morgan fingerprint density at radius 3 is 2.87 bits per heavy atom. The third kappa shape index (κ3) is 3.72. The topological polar surface area (TPSA) is 85.5 Å². The zero-order valence-corrected chi connectivity index (χ0v) is 14.0. The molecule has 0 spiro atoms. The van der Waals surface area contributed by atoms with E-state index in [9.17, 15) is 8.42 Å². The number of halogens is 1. The summed E-state index contributed by atoms with van der Waals surface area (Å²) in [6, 6.07) is 6.92. The number of aryl methyl sites for hydroxylation is 1. The van der Waals surface area contributed by atoms with Crippen LogP contribution in [-0.2, 0) is 20.5 Å². The first kappa shape index (κ1) is 16.4.